The van der Waals surface area contributed by atoms with Crippen LogP contribution in [-0.2, 0) is 9.53 Å². The maximum Gasteiger partial charge on any atom is 0.330 e. The number of esters is 1. The Bertz CT molecular complexity index is 1140. The lowest BCUT2D eigenvalue weighted by molar-refractivity contribution is -0.137. The summed E-state index contributed by atoms with van der Waals surface area (Å²) in [6.07, 6.45) is 5.31. The molecule has 0 radical (unpaired) electrons. The molecule has 0 aliphatic carbocycles. The summed E-state index contributed by atoms with van der Waals surface area (Å²) in [4.78, 5) is 11.6. The Kier molecular flexibility index (Phi) is 7.76. The monoisotopic (exact) mass is 424 g/mol. The molecular weight excluding hydrogens is 396 g/mol. The second kappa shape index (κ2) is 10.9. The first kappa shape index (κ1) is 22.8. The first-order valence-corrected chi connectivity index (χ1v) is 10.7. The molecule has 3 aromatic carbocycles. The SMILES string of the molecule is CCOC(=O)/C=C/c1ccc(/C(=C(/CC)c2ccccc2)c2ccc(N)c(C=N)c2)cc1. The highest BCUT2D eigenvalue weighted by Gasteiger charge is 2.14. The van der Waals surface area contributed by atoms with E-state index in [0.717, 1.165) is 34.2 Å². The fourth-order valence-corrected chi connectivity index (χ4v) is 3.65. The van der Waals surface area contributed by atoms with Crippen molar-refractivity contribution >= 4 is 35.1 Å². The van der Waals surface area contributed by atoms with Gasteiger partial charge in [-0.15, -0.1) is 0 Å². The van der Waals surface area contributed by atoms with Crippen LogP contribution in [-0.4, -0.2) is 18.8 Å². The summed E-state index contributed by atoms with van der Waals surface area (Å²) in [6, 6.07) is 24.2. The molecule has 0 unspecified atom stereocenters. The zero-order valence-corrected chi connectivity index (χ0v) is 18.5. The summed E-state index contributed by atoms with van der Waals surface area (Å²) in [5.41, 5.74) is 13.8. The van der Waals surface area contributed by atoms with Gasteiger partial charge in [0.15, 0.2) is 0 Å². The predicted octanol–water partition coefficient (Wildman–Crippen LogP) is 6.21. The maximum atomic E-state index is 11.6. The van der Waals surface area contributed by atoms with Crippen LogP contribution in [0.25, 0.3) is 17.2 Å². The molecule has 4 nitrogen and oxygen atoms in total. The highest BCUT2D eigenvalue weighted by molar-refractivity contribution is 6.00. The van der Waals surface area contributed by atoms with E-state index in [4.69, 9.17) is 15.9 Å². The largest absolute Gasteiger partial charge is 0.463 e. The van der Waals surface area contributed by atoms with Crippen molar-refractivity contribution in [3.63, 3.8) is 0 Å². The van der Waals surface area contributed by atoms with Crippen molar-refractivity contribution < 1.29 is 9.53 Å². The molecule has 3 N–H and O–H groups in total. The predicted molar refractivity (Wildman–Crippen MR) is 133 cm³/mol. The normalized spacial score (nSPS) is 11.8. The van der Waals surface area contributed by atoms with Crippen molar-refractivity contribution in [1.29, 1.82) is 5.41 Å². The van der Waals surface area contributed by atoms with Crippen molar-refractivity contribution in [3.8, 4) is 0 Å². The van der Waals surface area contributed by atoms with Gasteiger partial charge in [0.2, 0.25) is 0 Å². The third-order valence-corrected chi connectivity index (χ3v) is 5.21. The van der Waals surface area contributed by atoms with Crippen LogP contribution in [0.5, 0.6) is 0 Å². The van der Waals surface area contributed by atoms with E-state index in [1.165, 1.54) is 17.9 Å². The Labute approximate surface area is 189 Å². The number of nitrogen functional groups attached to an aromatic ring is 1. The van der Waals surface area contributed by atoms with E-state index in [0.29, 0.717) is 17.9 Å². The quantitative estimate of drug-likeness (QED) is 0.148. The van der Waals surface area contributed by atoms with Gasteiger partial charge < -0.3 is 15.9 Å². The molecule has 162 valence electrons. The number of hydrogen-bond donors (Lipinski definition) is 2. The number of benzene rings is 3. The summed E-state index contributed by atoms with van der Waals surface area (Å²) in [7, 11) is 0. The molecule has 32 heavy (non-hydrogen) atoms. The number of nitrogens with one attached hydrogen (secondary N) is 1. The first-order chi connectivity index (χ1) is 15.6. The number of carbonyl (C=O) groups excluding carboxylic acids is 1. The average Bonchev–Trinajstić information content (AvgIpc) is 2.83. The summed E-state index contributed by atoms with van der Waals surface area (Å²) in [5, 5.41) is 7.72. The smallest absolute Gasteiger partial charge is 0.330 e. The second-order valence-electron chi connectivity index (χ2n) is 7.27. The minimum absolute atomic E-state index is 0.351. The van der Waals surface area contributed by atoms with Gasteiger partial charge in [0.05, 0.1) is 6.61 Å². The van der Waals surface area contributed by atoms with Crippen molar-refractivity contribution in [2.24, 2.45) is 0 Å². The van der Waals surface area contributed by atoms with Crippen LogP contribution in [0.4, 0.5) is 5.69 Å². The van der Waals surface area contributed by atoms with Gasteiger partial charge in [-0.1, -0.05) is 67.6 Å². The van der Waals surface area contributed by atoms with Gasteiger partial charge in [-0.05, 0) is 65.0 Å². The average molecular weight is 425 g/mol. The zero-order chi connectivity index (χ0) is 22.9. The molecule has 0 fully saturated rings. The van der Waals surface area contributed by atoms with Crippen LogP contribution < -0.4 is 5.73 Å². The van der Waals surface area contributed by atoms with Crippen molar-refractivity contribution in [1.82, 2.24) is 0 Å². The molecule has 0 aliphatic rings. The fraction of sp³-hybridized carbons (Fsp3) is 0.143. The van der Waals surface area contributed by atoms with Crippen LogP contribution in [0.2, 0.25) is 0 Å². The molecule has 0 amide bonds. The van der Waals surface area contributed by atoms with Gasteiger partial charge in [-0.25, -0.2) is 4.79 Å². The van der Waals surface area contributed by atoms with Crippen molar-refractivity contribution in [2.75, 3.05) is 12.3 Å². The first-order valence-electron chi connectivity index (χ1n) is 10.7. The molecule has 0 aromatic heterocycles. The van der Waals surface area contributed by atoms with Crippen LogP contribution >= 0.6 is 0 Å². The number of hydrogen-bond acceptors (Lipinski definition) is 4. The van der Waals surface area contributed by atoms with Gasteiger partial charge >= 0.3 is 5.97 Å². The number of ether oxygens (including phenoxy) is 1. The maximum absolute atomic E-state index is 11.6. The molecule has 4 heteroatoms. The highest BCUT2D eigenvalue weighted by atomic mass is 16.5. The third kappa shape index (κ3) is 5.41. The van der Waals surface area contributed by atoms with Crippen LogP contribution in [0.1, 0.15) is 48.1 Å². The van der Waals surface area contributed by atoms with Crippen LogP contribution in [0.3, 0.4) is 0 Å². The Morgan fingerprint density at radius 2 is 1.62 bits per heavy atom. The number of allylic oxidation sites excluding steroid dienone is 1. The van der Waals surface area contributed by atoms with E-state index in [9.17, 15) is 4.79 Å². The summed E-state index contributed by atoms with van der Waals surface area (Å²) in [5.74, 6) is -0.351. The van der Waals surface area contributed by atoms with E-state index >= 15 is 0 Å². The van der Waals surface area contributed by atoms with Crippen LogP contribution in [0.15, 0.2) is 78.9 Å². The summed E-state index contributed by atoms with van der Waals surface area (Å²) < 4.78 is 4.95. The lowest BCUT2D eigenvalue weighted by Gasteiger charge is -2.17. The summed E-state index contributed by atoms with van der Waals surface area (Å²) in [6.45, 7) is 4.29. The van der Waals surface area contributed by atoms with Gasteiger partial charge in [-0.3, -0.25) is 0 Å². The van der Waals surface area contributed by atoms with E-state index < -0.39 is 0 Å². The molecule has 0 bridgehead atoms. The van der Waals surface area contributed by atoms with Gasteiger partial charge in [0.1, 0.15) is 0 Å². The Morgan fingerprint density at radius 3 is 2.25 bits per heavy atom. The molecule has 3 aromatic rings. The molecule has 0 saturated carbocycles. The highest BCUT2D eigenvalue weighted by Crippen LogP contribution is 2.35. The van der Waals surface area contributed by atoms with Gasteiger partial charge in [-0.2, -0.15) is 0 Å². The fourth-order valence-electron chi connectivity index (χ4n) is 3.65. The molecule has 3 rings (SSSR count). The van der Waals surface area contributed by atoms with Crippen molar-refractivity contribution in [3.05, 3.63) is 107 Å². The lowest BCUT2D eigenvalue weighted by Crippen LogP contribution is -1.99. The topological polar surface area (TPSA) is 76.2 Å². The minimum Gasteiger partial charge on any atom is -0.463 e. The molecular formula is C28H28N2O2. The Hall–Kier alpha value is -3.92. The lowest BCUT2D eigenvalue weighted by atomic mass is 9.87. The second-order valence-corrected chi connectivity index (χ2v) is 7.27. The number of nitrogens with two attached hydrogens (primary N) is 1. The number of carbonyl (C=O) groups is 1. The van der Waals surface area contributed by atoms with E-state index in [-0.39, 0.29) is 5.97 Å². The molecule has 0 saturated heterocycles. The van der Waals surface area contributed by atoms with Crippen LogP contribution in [0, 0.1) is 5.41 Å². The summed E-state index contributed by atoms with van der Waals surface area (Å²) >= 11 is 0. The van der Waals surface area contributed by atoms with E-state index in [2.05, 4.69) is 31.2 Å². The Morgan fingerprint density at radius 1 is 0.938 bits per heavy atom. The van der Waals surface area contributed by atoms with Crippen molar-refractivity contribution in [2.45, 2.75) is 20.3 Å². The standard InChI is InChI=1S/C28H28N2O2/c1-3-25(21-8-6-5-7-9-21)28(23-15-16-26(30)24(18-23)19-29)22-13-10-20(11-14-22)12-17-27(31)32-4-2/h5-19,29H,3-4,30H2,1-2H3/b17-12+,28-25+,29-19?. The molecule has 0 aliphatic heterocycles. The van der Waals surface area contributed by atoms with Gasteiger partial charge in [0.25, 0.3) is 0 Å². The van der Waals surface area contributed by atoms with E-state index in [1.54, 1.807) is 13.0 Å². The van der Waals surface area contributed by atoms with E-state index in [1.807, 2.05) is 48.5 Å². The number of anilines is 1. The Balaban J connectivity index is 2.12. The zero-order valence-electron chi connectivity index (χ0n) is 18.5. The third-order valence-electron chi connectivity index (χ3n) is 5.21. The minimum atomic E-state index is -0.351. The molecule has 0 heterocycles. The molecule has 0 spiro atoms. The molecule has 0 atom stereocenters. The number of rotatable bonds is 8. The van der Waals surface area contributed by atoms with Gasteiger partial charge in [0, 0.05) is 23.5 Å².